The maximum atomic E-state index is 13.7. The van der Waals surface area contributed by atoms with Gasteiger partial charge in [-0.1, -0.05) is 60.2 Å². The quantitative estimate of drug-likeness (QED) is 0.643. The molecule has 27 heavy (non-hydrogen) atoms. The first-order valence-corrected chi connectivity index (χ1v) is 9.00. The van der Waals surface area contributed by atoms with Crippen LogP contribution in [-0.4, -0.2) is 11.1 Å². The number of carboxylic acid groups (broad SMARTS) is 1. The van der Waals surface area contributed by atoms with Gasteiger partial charge in [-0.05, 0) is 65.3 Å². The van der Waals surface area contributed by atoms with E-state index < -0.39 is 11.8 Å². The molecule has 0 atom stereocenters. The molecular weight excluding hydrogens is 339 g/mol. The lowest BCUT2D eigenvalue weighted by molar-refractivity contribution is 0.0697. The first-order valence-electron chi connectivity index (χ1n) is 9.00. The molecule has 3 heteroatoms. The highest BCUT2D eigenvalue weighted by Crippen LogP contribution is 2.32. The molecule has 134 valence electrons. The molecule has 4 rings (SSSR count). The van der Waals surface area contributed by atoms with Crippen molar-refractivity contribution < 1.29 is 14.3 Å². The Morgan fingerprint density at radius 2 is 1.78 bits per heavy atom. The zero-order valence-electron chi connectivity index (χ0n) is 14.8. The van der Waals surface area contributed by atoms with Crippen LogP contribution >= 0.6 is 0 Å². The largest absolute Gasteiger partial charge is 0.478 e. The topological polar surface area (TPSA) is 37.3 Å². The van der Waals surface area contributed by atoms with Gasteiger partial charge in [0.1, 0.15) is 5.82 Å². The molecule has 1 N–H and O–H groups in total. The van der Waals surface area contributed by atoms with Crippen LogP contribution in [0.2, 0.25) is 0 Å². The monoisotopic (exact) mass is 358 g/mol. The Balaban J connectivity index is 1.67. The van der Waals surface area contributed by atoms with Gasteiger partial charge in [-0.15, -0.1) is 0 Å². The fourth-order valence-electron chi connectivity index (χ4n) is 3.66. The van der Waals surface area contributed by atoms with Crippen molar-refractivity contribution in [3.05, 3.63) is 100 Å². The van der Waals surface area contributed by atoms with Crippen molar-refractivity contribution in [2.24, 2.45) is 0 Å². The van der Waals surface area contributed by atoms with Crippen LogP contribution < -0.4 is 0 Å². The van der Waals surface area contributed by atoms with Crippen molar-refractivity contribution in [1.29, 1.82) is 0 Å². The Hall–Kier alpha value is -3.20. The number of allylic oxidation sites excluding steroid dienone is 1. The van der Waals surface area contributed by atoms with Gasteiger partial charge < -0.3 is 5.11 Å². The summed E-state index contributed by atoms with van der Waals surface area (Å²) in [6.07, 6.45) is 5.04. The smallest absolute Gasteiger partial charge is 0.336 e. The van der Waals surface area contributed by atoms with Gasteiger partial charge in [0.05, 0.1) is 5.56 Å². The molecule has 0 aromatic heterocycles. The van der Waals surface area contributed by atoms with Crippen LogP contribution in [0.5, 0.6) is 0 Å². The Morgan fingerprint density at radius 1 is 0.963 bits per heavy atom. The molecule has 0 unspecified atom stereocenters. The highest BCUT2D eigenvalue weighted by molar-refractivity contribution is 5.96. The number of benzene rings is 3. The fourth-order valence-corrected chi connectivity index (χ4v) is 3.66. The van der Waals surface area contributed by atoms with Gasteiger partial charge in [0.15, 0.2) is 0 Å². The molecule has 3 aromatic rings. The average molecular weight is 358 g/mol. The molecule has 1 aliphatic carbocycles. The highest BCUT2D eigenvalue weighted by atomic mass is 19.1. The zero-order valence-corrected chi connectivity index (χ0v) is 14.8. The van der Waals surface area contributed by atoms with Crippen molar-refractivity contribution in [3.63, 3.8) is 0 Å². The van der Waals surface area contributed by atoms with E-state index in [1.165, 1.54) is 34.9 Å². The Morgan fingerprint density at radius 3 is 2.56 bits per heavy atom. The summed E-state index contributed by atoms with van der Waals surface area (Å²) >= 11 is 0. The summed E-state index contributed by atoms with van der Waals surface area (Å²) in [4.78, 5) is 11.5. The van der Waals surface area contributed by atoms with E-state index in [-0.39, 0.29) is 5.56 Å². The minimum Gasteiger partial charge on any atom is -0.478 e. The number of hydrogen-bond acceptors (Lipinski definition) is 1. The molecule has 1 aliphatic rings. The van der Waals surface area contributed by atoms with Crippen molar-refractivity contribution in [2.75, 3.05) is 0 Å². The van der Waals surface area contributed by atoms with E-state index in [0.29, 0.717) is 5.56 Å². The predicted octanol–water partition coefficient (Wildman–Crippen LogP) is 5.76. The maximum absolute atomic E-state index is 13.7. The summed E-state index contributed by atoms with van der Waals surface area (Å²) in [5.41, 5.74) is 6.30. The number of fused-ring (bicyclic) bond motifs is 1. The Bertz CT molecular complexity index is 1040. The first kappa shape index (κ1) is 17.2. The van der Waals surface area contributed by atoms with Crippen molar-refractivity contribution in [3.8, 4) is 11.1 Å². The maximum Gasteiger partial charge on any atom is 0.336 e. The van der Waals surface area contributed by atoms with E-state index in [9.17, 15) is 14.3 Å². The lowest BCUT2D eigenvalue weighted by Gasteiger charge is -2.18. The number of rotatable bonds is 4. The number of halogens is 1. The van der Waals surface area contributed by atoms with E-state index in [2.05, 4.69) is 30.3 Å². The third-order valence-corrected chi connectivity index (χ3v) is 5.02. The van der Waals surface area contributed by atoms with Gasteiger partial charge in [-0.3, -0.25) is 0 Å². The van der Waals surface area contributed by atoms with Gasteiger partial charge in [0, 0.05) is 0 Å². The lowest BCUT2D eigenvalue weighted by atomic mass is 9.87. The zero-order chi connectivity index (χ0) is 18.8. The van der Waals surface area contributed by atoms with E-state index in [0.717, 1.165) is 30.4 Å². The van der Waals surface area contributed by atoms with Gasteiger partial charge in [-0.25, -0.2) is 9.18 Å². The van der Waals surface area contributed by atoms with Gasteiger partial charge in [-0.2, -0.15) is 0 Å². The fraction of sp³-hybridized carbons (Fsp3) is 0.125. The summed E-state index contributed by atoms with van der Waals surface area (Å²) < 4.78 is 13.7. The number of aryl methyl sites for hydroxylation is 1. The molecule has 0 spiro atoms. The molecule has 0 saturated heterocycles. The van der Waals surface area contributed by atoms with Crippen LogP contribution in [0, 0.1) is 5.82 Å². The number of hydrogen-bond donors (Lipinski definition) is 1. The number of carboxylic acids is 1. The third kappa shape index (κ3) is 3.68. The summed E-state index contributed by atoms with van der Waals surface area (Å²) in [7, 11) is 0. The molecule has 2 nitrogen and oxygen atoms in total. The second kappa shape index (κ2) is 7.20. The van der Waals surface area contributed by atoms with E-state index in [1.807, 2.05) is 24.3 Å². The van der Waals surface area contributed by atoms with Crippen LogP contribution in [0.4, 0.5) is 4.39 Å². The van der Waals surface area contributed by atoms with Gasteiger partial charge >= 0.3 is 5.97 Å². The van der Waals surface area contributed by atoms with Gasteiger partial charge in [0.25, 0.3) is 0 Å². The summed E-state index contributed by atoms with van der Waals surface area (Å²) in [5.74, 6) is -1.48. The molecule has 0 heterocycles. The van der Waals surface area contributed by atoms with Crippen molar-refractivity contribution in [2.45, 2.75) is 19.3 Å². The number of carbonyl (C=O) groups is 1. The van der Waals surface area contributed by atoms with Crippen LogP contribution in [0.25, 0.3) is 17.2 Å². The first-order chi connectivity index (χ1) is 13.1. The molecule has 0 aliphatic heterocycles. The normalized spacial score (nSPS) is 13.0. The van der Waals surface area contributed by atoms with Crippen molar-refractivity contribution >= 4 is 12.0 Å². The highest BCUT2D eigenvalue weighted by Gasteiger charge is 2.16. The standard InChI is InChI=1S/C24H19FO2/c25-21-10-11-22(24(26)27)23(15-21)20-9-8-18-13-17(6-7-19(18)14-20)12-16-4-2-1-3-5-16/h1-5,8-11,13-15H,6-7,12H2,(H,26,27). The molecule has 0 saturated carbocycles. The SMILES string of the molecule is O=C(O)c1ccc(F)cc1-c1ccc2c(c1)CCC(Cc1ccccc1)=C2. The minimum atomic E-state index is -1.05. The second-order valence-electron chi connectivity index (χ2n) is 6.87. The van der Waals surface area contributed by atoms with E-state index in [1.54, 1.807) is 0 Å². The van der Waals surface area contributed by atoms with Crippen LogP contribution in [0.3, 0.4) is 0 Å². The third-order valence-electron chi connectivity index (χ3n) is 5.02. The second-order valence-corrected chi connectivity index (χ2v) is 6.87. The summed E-state index contributed by atoms with van der Waals surface area (Å²) in [6.45, 7) is 0. The molecular formula is C24H19FO2. The molecule has 0 fully saturated rings. The predicted molar refractivity (Wildman–Crippen MR) is 105 cm³/mol. The lowest BCUT2D eigenvalue weighted by Crippen LogP contribution is -2.04. The van der Waals surface area contributed by atoms with Crippen molar-refractivity contribution in [1.82, 2.24) is 0 Å². The molecule has 0 radical (unpaired) electrons. The molecule has 0 bridgehead atoms. The molecule has 3 aromatic carbocycles. The summed E-state index contributed by atoms with van der Waals surface area (Å²) in [5, 5.41) is 9.40. The van der Waals surface area contributed by atoms with Crippen LogP contribution in [-0.2, 0) is 12.8 Å². The minimum absolute atomic E-state index is 0.118. The molecule has 0 amide bonds. The number of aromatic carboxylic acids is 1. The van der Waals surface area contributed by atoms with E-state index >= 15 is 0 Å². The average Bonchev–Trinajstić information content (AvgIpc) is 2.68. The Kier molecular flexibility index (Phi) is 4.59. The van der Waals surface area contributed by atoms with Crippen LogP contribution in [0.15, 0.2) is 72.3 Å². The van der Waals surface area contributed by atoms with E-state index in [4.69, 9.17) is 0 Å². The van der Waals surface area contributed by atoms with Crippen LogP contribution in [0.1, 0.15) is 33.5 Å². The Labute approximate surface area is 157 Å². The van der Waals surface area contributed by atoms with Gasteiger partial charge in [0.2, 0.25) is 0 Å². The summed E-state index contributed by atoms with van der Waals surface area (Å²) in [6, 6.07) is 20.1.